The van der Waals surface area contributed by atoms with Gasteiger partial charge in [0.1, 0.15) is 30.2 Å². The molecule has 0 amide bonds. The normalized spacial score (nSPS) is 54.1. The minimum absolute atomic E-state index is 0.0458. The van der Waals surface area contributed by atoms with Crippen molar-refractivity contribution in [3.05, 3.63) is 23.3 Å². The summed E-state index contributed by atoms with van der Waals surface area (Å²) in [5.74, 6) is -0.380. The van der Waals surface area contributed by atoms with E-state index in [1.165, 1.54) is 5.57 Å². The molecule has 3 aliphatic heterocycles. The van der Waals surface area contributed by atoms with E-state index in [0.29, 0.717) is 12.3 Å². The second-order valence-electron chi connectivity index (χ2n) is 15.3. The highest BCUT2D eigenvalue weighted by Gasteiger charge is 2.68. The van der Waals surface area contributed by atoms with Crippen molar-refractivity contribution in [2.45, 2.75) is 134 Å². The maximum Gasteiger partial charge on any atom is 0.314 e. The highest BCUT2D eigenvalue weighted by atomic mass is 16.7. The van der Waals surface area contributed by atoms with Crippen molar-refractivity contribution in [2.24, 2.45) is 40.4 Å². The number of Topliss-reactive ketones (excluding diaryl/α,β-unsaturated/α-hetero) is 1. The largest absolute Gasteiger partial charge is 0.457 e. The fraction of sp³-hybridized carbons (Fsp3) is 0.824. The van der Waals surface area contributed by atoms with Gasteiger partial charge in [0.25, 0.3) is 0 Å². The van der Waals surface area contributed by atoms with Crippen LogP contribution in [0.15, 0.2) is 23.3 Å². The Hall–Kier alpha value is -1.62. The van der Waals surface area contributed by atoms with E-state index in [-0.39, 0.29) is 52.5 Å². The van der Waals surface area contributed by atoms with Crippen LogP contribution >= 0.6 is 0 Å². The Morgan fingerprint density at radius 2 is 1.74 bits per heavy atom. The lowest BCUT2D eigenvalue weighted by Crippen LogP contribution is -2.61. The average Bonchev–Trinajstić information content (AvgIpc) is 3.25. The van der Waals surface area contributed by atoms with E-state index in [4.69, 9.17) is 14.2 Å². The molecule has 0 aromatic rings. The lowest BCUT2D eigenvalue weighted by Gasteiger charge is -2.62. The molecule has 0 aromatic carbocycles. The number of aliphatic hydroxyl groups excluding tert-OH is 3. The monoisotopic (exact) mass is 600 g/mol. The predicted octanol–water partition coefficient (Wildman–Crippen LogP) is 2.97. The van der Waals surface area contributed by atoms with Crippen LogP contribution in [0.1, 0.15) is 85.5 Å². The molecule has 238 valence electrons. The van der Waals surface area contributed by atoms with Gasteiger partial charge in [-0.1, -0.05) is 31.6 Å². The summed E-state index contributed by atoms with van der Waals surface area (Å²) >= 11 is 0. The lowest BCUT2D eigenvalue weighted by molar-refractivity contribution is -0.301. The Labute approximate surface area is 253 Å². The minimum Gasteiger partial charge on any atom is -0.457 e. The molecule has 0 unspecified atom stereocenters. The maximum absolute atomic E-state index is 12.7. The molecular formula is C34H48O9. The number of esters is 1. The summed E-state index contributed by atoms with van der Waals surface area (Å²) in [7, 11) is 0. The van der Waals surface area contributed by atoms with Crippen LogP contribution in [0.3, 0.4) is 0 Å². The number of hydrogen-bond donors (Lipinski definition) is 4. The van der Waals surface area contributed by atoms with Gasteiger partial charge >= 0.3 is 5.97 Å². The summed E-state index contributed by atoms with van der Waals surface area (Å²) in [6.45, 7) is 7.84. The summed E-state index contributed by atoms with van der Waals surface area (Å²) in [5, 5.41) is 43.4. The molecule has 9 nitrogen and oxygen atoms in total. The number of ketones is 1. The molecule has 43 heavy (non-hydrogen) atoms. The topological polar surface area (TPSA) is 143 Å². The van der Waals surface area contributed by atoms with Gasteiger partial charge in [-0.15, -0.1) is 0 Å². The summed E-state index contributed by atoms with van der Waals surface area (Å²) < 4.78 is 17.7. The summed E-state index contributed by atoms with van der Waals surface area (Å²) in [4.78, 5) is 24.8. The molecule has 2 bridgehead atoms. The van der Waals surface area contributed by atoms with Gasteiger partial charge in [-0.25, -0.2) is 0 Å². The number of carbonyl (C=O) groups is 2. The Morgan fingerprint density at radius 3 is 2.47 bits per heavy atom. The zero-order chi connectivity index (χ0) is 30.6. The Balaban J connectivity index is 1.10. The fourth-order valence-corrected chi connectivity index (χ4v) is 10.9. The molecule has 8 rings (SSSR count). The van der Waals surface area contributed by atoms with Gasteiger partial charge in [-0.2, -0.15) is 0 Å². The molecule has 4 N–H and O–H groups in total. The average molecular weight is 601 g/mol. The molecular weight excluding hydrogens is 552 g/mol. The molecule has 8 aliphatic rings. The van der Waals surface area contributed by atoms with Crippen molar-refractivity contribution in [3.63, 3.8) is 0 Å². The number of fused-ring (bicyclic) bond motifs is 7. The van der Waals surface area contributed by atoms with Gasteiger partial charge in [-0.05, 0) is 100 Å². The Kier molecular flexibility index (Phi) is 7.12. The summed E-state index contributed by atoms with van der Waals surface area (Å²) in [6, 6.07) is 0. The maximum atomic E-state index is 12.7. The summed E-state index contributed by atoms with van der Waals surface area (Å²) in [5.41, 5.74) is 1.31. The van der Waals surface area contributed by atoms with Crippen LogP contribution in [0.5, 0.6) is 0 Å². The van der Waals surface area contributed by atoms with E-state index >= 15 is 0 Å². The number of rotatable bonds is 4. The highest BCUT2D eigenvalue weighted by molar-refractivity contribution is 5.88. The van der Waals surface area contributed by atoms with Crippen LogP contribution in [0, 0.1) is 40.4 Å². The third-order valence-corrected chi connectivity index (χ3v) is 13.5. The first-order valence-corrected chi connectivity index (χ1v) is 16.5. The van der Waals surface area contributed by atoms with E-state index < -0.39 is 42.2 Å². The van der Waals surface area contributed by atoms with Gasteiger partial charge in [0, 0.05) is 11.3 Å². The molecule has 9 heteroatoms. The van der Waals surface area contributed by atoms with E-state index in [1.807, 2.05) is 6.08 Å². The van der Waals surface area contributed by atoms with Crippen molar-refractivity contribution in [1.29, 1.82) is 0 Å². The molecule has 0 spiro atoms. The van der Waals surface area contributed by atoms with Crippen LogP contribution in [0.2, 0.25) is 0 Å². The van der Waals surface area contributed by atoms with Crippen molar-refractivity contribution in [3.8, 4) is 0 Å². The smallest absolute Gasteiger partial charge is 0.314 e. The standard InChI is InChI=1S/C34H48O9/c1-16(35)20-15-26-22(14-21(20)30(39)43-26)23-9-12-34(40)25-6-5-18-13-19(42-31-29(38)28(37)27(36)17(2)41-31)7-10-32(18,3)24(25)8-11-33(23,34)4/h13-14,17,19-21,23-29,31,36-38,40H,5-12,15H2,1-4H3/t17-,19-,20+,21-,23+,24-,25+,26-,27-,28+,29+,31-,32-,33+,34-/m0/s1. The lowest BCUT2D eigenvalue weighted by atomic mass is 9.44. The number of hydrogen-bond acceptors (Lipinski definition) is 9. The van der Waals surface area contributed by atoms with E-state index in [0.717, 1.165) is 56.9 Å². The predicted molar refractivity (Wildman–Crippen MR) is 154 cm³/mol. The second kappa shape index (κ2) is 10.2. The highest BCUT2D eigenvalue weighted by Crippen LogP contribution is 2.70. The van der Waals surface area contributed by atoms with Crippen LogP contribution in [-0.4, -0.2) is 80.7 Å². The first kappa shape index (κ1) is 30.1. The molecule has 2 saturated heterocycles. The van der Waals surface area contributed by atoms with Gasteiger partial charge < -0.3 is 34.6 Å². The number of ether oxygens (including phenoxy) is 3. The van der Waals surface area contributed by atoms with E-state index in [9.17, 15) is 30.0 Å². The number of allylic oxidation sites excluding steroid dienone is 1. The Bertz CT molecular complexity index is 1240. The molecule has 0 aromatic heterocycles. The summed E-state index contributed by atoms with van der Waals surface area (Å²) in [6.07, 6.45) is 5.68. The SMILES string of the molecule is CC(=O)[C@H]1C[C@@H]2OC(=O)[C@H]1C=C2[C@H]1CC[C@]2(O)[C@@H]3CCC4=C[C@@H](O[C@@H]5O[C@@H](C)[C@H](O)[C@@H](O)[C@H]5O)CC[C@]4(C)[C@H]3CC[C@]12C. The van der Waals surface area contributed by atoms with Gasteiger partial charge in [-0.3, -0.25) is 9.59 Å². The van der Waals surface area contributed by atoms with Crippen LogP contribution < -0.4 is 0 Å². The first-order chi connectivity index (χ1) is 20.3. The minimum atomic E-state index is -1.32. The third-order valence-electron chi connectivity index (χ3n) is 13.5. The zero-order valence-corrected chi connectivity index (χ0v) is 25.8. The molecule has 0 radical (unpaired) electrons. The van der Waals surface area contributed by atoms with Crippen molar-refractivity contribution in [1.82, 2.24) is 0 Å². The van der Waals surface area contributed by atoms with Crippen LogP contribution in [0.25, 0.3) is 0 Å². The van der Waals surface area contributed by atoms with Crippen molar-refractivity contribution < 1.29 is 44.2 Å². The van der Waals surface area contributed by atoms with Crippen LogP contribution in [0.4, 0.5) is 0 Å². The van der Waals surface area contributed by atoms with Crippen LogP contribution in [-0.2, 0) is 23.8 Å². The molecule has 3 heterocycles. The van der Waals surface area contributed by atoms with Crippen molar-refractivity contribution in [2.75, 3.05) is 0 Å². The number of aliphatic hydroxyl groups is 4. The Morgan fingerprint density at radius 1 is 0.977 bits per heavy atom. The molecule has 3 saturated carbocycles. The zero-order valence-electron chi connectivity index (χ0n) is 25.8. The van der Waals surface area contributed by atoms with Gasteiger partial charge in [0.2, 0.25) is 0 Å². The van der Waals surface area contributed by atoms with Gasteiger partial charge in [0.05, 0.1) is 23.7 Å². The quantitative estimate of drug-likeness (QED) is 0.283. The molecule has 5 fully saturated rings. The first-order valence-electron chi connectivity index (χ1n) is 16.5. The second-order valence-corrected chi connectivity index (χ2v) is 15.3. The third kappa shape index (κ3) is 4.24. The fourth-order valence-electron chi connectivity index (χ4n) is 10.9. The van der Waals surface area contributed by atoms with Crippen molar-refractivity contribution >= 4 is 11.8 Å². The molecule has 15 atom stereocenters. The van der Waals surface area contributed by atoms with E-state index in [1.54, 1.807) is 13.8 Å². The van der Waals surface area contributed by atoms with E-state index in [2.05, 4.69) is 19.9 Å². The van der Waals surface area contributed by atoms with Gasteiger partial charge in [0.15, 0.2) is 6.29 Å². The molecule has 5 aliphatic carbocycles. The number of carbonyl (C=O) groups excluding carboxylic acids is 2.